The Hall–Kier alpha value is -0.740. The summed E-state index contributed by atoms with van der Waals surface area (Å²) in [6.07, 6.45) is 0. The molecule has 0 atom stereocenters. The first-order valence-electron chi connectivity index (χ1n) is 9.81. The third kappa shape index (κ3) is 4.92. The predicted octanol–water partition coefficient (Wildman–Crippen LogP) is 11.3. The Morgan fingerprint density at radius 3 is 1.12 bits per heavy atom. The van der Waals surface area contributed by atoms with E-state index in [1.54, 1.807) is 24.3 Å². The van der Waals surface area contributed by atoms with E-state index >= 15 is 0 Å². The monoisotopic (exact) mass is 608 g/mol. The zero-order valence-electron chi connectivity index (χ0n) is 17.6. The molecule has 0 aliphatic rings. The number of halogens is 8. The molecule has 0 saturated heterocycles. The lowest BCUT2D eigenvalue weighted by atomic mass is 9.84. The fourth-order valence-corrected chi connectivity index (χ4v) is 6.62. The van der Waals surface area contributed by atoms with Crippen molar-refractivity contribution in [3.8, 4) is 5.69 Å². The van der Waals surface area contributed by atoms with Gasteiger partial charge in [-0.25, -0.2) is 0 Å². The van der Waals surface area contributed by atoms with Crippen LogP contribution in [0.25, 0.3) is 5.69 Å². The Bertz CT molecular complexity index is 1280. The van der Waals surface area contributed by atoms with Crippen LogP contribution >= 0.6 is 92.8 Å². The first-order valence-corrected chi connectivity index (χ1v) is 12.8. The van der Waals surface area contributed by atoms with Crippen LogP contribution in [0.1, 0.15) is 28.1 Å². The minimum Gasteiger partial charge on any atom is -0.318 e. The fraction of sp³-hybridized carbons (Fsp3) is 0.0800. The van der Waals surface area contributed by atoms with E-state index in [1.807, 2.05) is 42.7 Å². The van der Waals surface area contributed by atoms with Crippen molar-refractivity contribution in [3.05, 3.63) is 123 Å². The zero-order valence-corrected chi connectivity index (χ0v) is 23.6. The molecule has 0 N–H and O–H groups in total. The highest BCUT2D eigenvalue weighted by Crippen LogP contribution is 2.49. The van der Waals surface area contributed by atoms with Crippen LogP contribution in [0.15, 0.2) is 48.5 Å². The van der Waals surface area contributed by atoms with Crippen molar-refractivity contribution in [2.75, 3.05) is 0 Å². The molecule has 9 heteroatoms. The summed E-state index contributed by atoms with van der Waals surface area (Å²) in [5.41, 5.74) is 4.21. The van der Waals surface area contributed by atoms with Gasteiger partial charge in [-0.2, -0.15) is 0 Å². The predicted molar refractivity (Wildman–Crippen MR) is 149 cm³/mol. The van der Waals surface area contributed by atoms with Crippen LogP contribution in [0.3, 0.4) is 0 Å². The molecule has 4 rings (SSSR count). The lowest BCUT2D eigenvalue weighted by molar-refractivity contribution is 0.964. The van der Waals surface area contributed by atoms with E-state index in [2.05, 4.69) is 0 Å². The average Bonchev–Trinajstić information content (AvgIpc) is 3.03. The van der Waals surface area contributed by atoms with Gasteiger partial charge in [-0.1, -0.05) is 92.8 Å². The summed E-state index contributed by atoms with van der Waals surface area (Å²) >= 11 is 52.6. The topological polar surface area (TPSA) is 4.93 Å². The van der Waals surface area contributed by atoms with Crippen molar-refractivity contribution in [2.24, 2.45) is 0 Å². The van der Waals surface area contributed by atoms with E-state index in [4.69, 9.17) is 92.8 Å². The molecule has 0 amide bonds. The Morgan fingerprint density at radius 2 is 0.794 bits per heavy atom. The number of nitrogens with zero attached hydrogens (tertiary/aromatic N) is 1. The maximum atomic E-state index is 6.88. The molecule has 0 saturated carbocycles. The Labute approximate surface area is 238 Å². The molecular formula is C25H14Cl8N. The van der Waals surface area contributed by atoms with Crippen LogP contribution in [-0.2, 0) is 0 Å². The van der Waals surface area contributed by atoms with E-state index in [9.17, 15) is 0 Å². The van der Waals surface area contributed by atoms with Gasteiger partial charge < -0.3 is 4.57 Å². The minimum absolute atomic E-state index is 0.280. The van der Waals surface area contributed by atoms with Crippen LogP contribution in [0.5, 0.6) is 0 Å². The molecule has 1 radical (unpaired) electrons. The number of hydrogen-bond acceptors (Lipinski definition) is 0. The summed E-state index contributed by atoms with van der Waals surface area (Å²) in [6, 6.07) is 14.0. The first kappa shape index (κ1) is 26.3. The Kier molecular flexibility index (Phi) is 7.99. The van der Waals surface area contributed by atoms with Crippen molar-refractivity contribution in [1.29, 1.82) is 0 Å². The van der Waals surface area contributed by atoms with Crippen molar-refractivity contribution in [1.82, 2.24) is 4.57 Å². The van der Waals surface area contributed by atoms with Crippen LogP contribution in [0, 0.1) is 19.8 Å². The molecule has 0 bridgehead atoms. The van der Waals surface area contributed by atoms with E-state index in [0.717, 1.165) is 17.1 Å². The standard InChI is InChI=1S/C25H14Cl8N/c1-11-3-4-12(2)34(11)15-9-20(32)24(21(33)10-15)25(22-16(28)5-13(26)6-17(22)29)23-18(30)7-14(27)8-19(23)31/h3-10H,1-2H3. The summed E-state index contributed by atoms with van der Waals surface area (Å²) in [7, 11) is 0. The second-order valence-corrected chi connectivity index (χ2v) is 10.9. The number of aryl methyl sites for hydroxylation is 2. The van der Waals surface area contributed by atoms with Crippen molar-refractivity contribution >= 4 is 92.8 Å². The molecule has 0 aliphatic heterocycles. The largest absolute Gasteiger partial charge is 0.318 e. The Balaban J connectivity index is 2.05. The molecule has 0 fully saturated rings. The molecule has 1 aromatic heterocycles. The van der Waals surface area contributed by atoms with Crippen LogP contribution < -0.4 is 0 Å². The minimum atomic E-state index is 0.280. The summed E-state index contributed by atoms with van der Waals surface area (Å²) in [5, 5.41) is 2.58. The highest BCUT2D eigenvalue weighted by molar-refractivity contribution is 6.43. The highest BCUT2D eigenvalue weighted by Gasteiger charge is 2.32. The van der Waals surface area contributed by atoms with Crippen molar-refractivity contribution in [2.45, 2.75) is 13.8 Å². The summed E-state index contributed by atoms with van der Waals surface area (Å²) < 4.78 is 2.05. The van der Waals surface area contributed by atoms with Gasteiger partial charge in [0.25, 0.3) is 0 Å². The Morgan fingerprint density at radius 1 is 0.500 bits per heavy atom. The van der Waals surface area contributed by atoms with E-state index < -0.39 is 0 Å². The van der Waals surface area contributed by atoms with Gasteiger partial charge in [0.15, 0.2) is 0 Å². The molecule has 1 nitrogen and oxygen atoms in total. The maximum Gasteiger partial charge on any atom is 0.0720 e. The highest BCUT2D eigenvalue weighted by atomic mass is 35.5. The SMILES string of the molecule is Cc1ccc(C)n1-c1cc(Cl)c([C](c2c(Cl)cc(Cl)cc2Cl)c2c(Cl)cc(Cl)cc2Cl)c(Cl)c1. The van der Waals surface area contributed by atoms with Gasteiger partial charge in [0, 0.05) is 73.9 Å². The molecule has 3 aromatic carbocycles. The smallest absolute Gasteiger partial charge is 0.0720 e. The number of hydrogen-bond donors (Lipinski definition) is 0. The first-order chi connectivity index (χ1) is 16.0. The molecule has 1 heterocycles. The van der Waals surface area contributed by atoms with Gasteiger partial charge in [-0.3, -0.25) is 0 Å². The van der Waals surface area contributed by atoms with Gasteiger partial charge in [0.2, 0.25) is 0 Å². The van der Waals surface area contributed by atoms with Gasteiger partial charge >= 0.3 is 0 Å². The van der Waals surface area contributed by atoms with Crippen molar-refractivity contribution < 1.29 is 0 Å². The molecule has 0 aliphatic carbocycles. The molecule has 34 heavy (non-hydrogen) atoms. The van der Waals surface area contributed by atoms with Crippen molar-refractivity contribution in [3.63, 3.8) is 0 Å². The third-order valence-corrected chi connectivity index (χ3v) is 7.54. The van der Waals surface area contributed by atoms with Crippen LogP contribution in [-0.4, -0.2) is 4.57 Å². The summed E-state index contributed by atoms with van der Waals surface area (Å²) in [5.74, 6) is 0.459. The van der Waals surface area contributed by atoms with Crippen LogP contribution in [0.4, 0.5) is 0 Å². The van der Waals surface area contributed by atoms with Gasteiger partial charge in [0.05, 0.1) is 5.92 Å². The lowest BCUT2D eigenvalue weighted by Crippen LogP contribution is -2.10. The number of aromatic nitrogens is 1. The summed E-state index contributed by atoms with van der Waals surface area (Å²) in [6.45, 7) is 4.00. The molecule has 175 valence electrons. The van der Waals surface area contributed by atoms with E-state index in [-0.39, 0.29) is 20.1 Å². The molecule has 0 unspecified atom stereocenters. The normalized spacial score (nSPS) is 11.5. The zero-order chi connectivity index (χ0) is 24.9. The molecule has 0 spiro atoms. The van der Waals surface area contributed by atoms with Gasteiger partial charge in [-0.15, -0.1) is 0 Å². The van der Waals surface area contributed by atoms with E-state index in [0.29, 0.717) is 42.7 Å². The number of benzene rings is 3. The molecular weight excluding hydrogens is 598 g/mol. The lowest BCUT2D eigenvalue weighted by Gasteiger charge is -2.25. The van der Waals surface area contributed by atoms with Gasteiger partial charge in [-0.05, 0) is 62.4 Å². The van der Waals surface area contributed by atoms with Gasteiger partial charge in [0.1, 0.15) is 0 Å². The second kappa shape index (κ2) is 10.3. The third-order valence-electron chi connectivity index (χ3n) is 5.32. The van der Waals surface area contributed by atoms with E-state index in [1.165, 1.54) is 0 Å². The summed E-state index contributed by atoms with van der Waals surface area (Å²) in [4.78, 5) is 0. The molecule has 4 aromatic rings. The quantitative estimate of drug-likeness (QED) is 0.202. The van der Waals surface area contributed by atoms with Crippen LogP contribution in [0.2, 0.25) is 40.2 Å². The number of rotatable bonds is 4. The second-order valence-electron chi connectivity index (χ2n) is 7.60. The maximum absolute atomic E-state index is 6.88. The fourth-order valence-electron chi connectivity index (χ4n) is 3.94. The average molecular weight is 612 g/mol.